The molecule has 0 fully saturated rings. The SMILES string of the molecule is FC1(F)CCC(F)(F)C(F)(F)c2ncnn21.FC1(F)CCC(F)(F)c2ncnn2C1.FC1(F)CCC(F)(F)n2ncnc2C1.FC1(F)CCn2ncnc2C(F)(F)C1.FC1(F)Cc2ncnn2CC(F)(F)C1.FC1(F)Cn2ncnc2C(F)(F)C(F)(F)C1. The van der Waals surface area contributed by atoms with E-state index in [1.165, 1.54) is 0 Å². The first-order valence-electron chi connectivity index (χ1n) is 24.6. The zero-order chi connectivity index (χ0) is 66.0. The highest BCUT2D eigenvalue weighted by Crippen LogP contribution is 2.52. The molecule has 492 valence electrons. The minimum Gasteiger partial charge on any atom is -0.245 e. The number of hydrogen-bond acceptors (Lipinski definition) is 12. The van der Waals surface area contributed by atoms with Gasteiger partial charge in [-0.2, -0.15) is 110 Å². The van der Waals surface area contributed by atoms with E-state index in [1.54, 1.807) is 0 Å². The van der Waals surface area contributed by atoms with Crippen LogP contribution in [0.4, 0.5) is 123 Å². The zero-order valence-electron chi connectivity index (χ0n) is 43.4. The van der Waals surface area contributed by atoms with E-state index in [1.807, 2.05) is 0 Å². The maximum absolute atomic E-state index is 13.2. The number of halogens is 28. The van der Waals surface area contributed by atoms with E-state index in [-0.39, 0.29) is 27.6 Å². The monoisotopic (exact) mass is 1330 g/mol. The Kier molecular flexibility index (Phi) is 17.9. The molecule has 0 aromatic carbocycles. The minimum atomic E-state index is -4.85. The molecule has 0 unspecified atom stereocenters. The highest BCUT2D eigenvalue weighted by Gasteiger charge is 2.67. The summed E-state index contributed by atoms with van der Waals surface area (Å²) in [4.78, 5) is 19.2. The number of aromatic nitrogens is 18. The van der Waals surface area contributed by atoms with Crippen LogP contribution in [0.25, 0.3) is 0 Å². The normalized spacial score (nSPS) is 24.7. The molecule has 6 aliphatic heterocycles. The molecule has 0 bridgehead atoms. The molecule has 0 saturated carbocycles. The molecule has 6 aromatic heterocycles. The van der Waals surface area contributed by atoms with Gasteiger partial charge in [-0.15, -0.1) is 0 Å². The van der Waals surface area contributed by atoms with Crippen molar-refractivity contribution in [2.45, 2.75) is 186 Å². The molecule has 0 radical (unpaired) electrons. The number of rotatable bonds is 0. The Morgan fingerprint density at radius 3 is 1.34 bits per heavy atom. The van der Waals surface area contributed by atoms with E-state index in [9.17, 15) is 123 Å². The van der Waals surface area contributed by atoms with Gasteiger partial charge in [-0.25, -0.2) is 101 Å². The van der Waals surface area contributed by atoms with Gasteiger partial charge in [0, 0.05) is 51.5 Å². The third-order valence-electron chi connectivity index (χ3n) is 12.9. The van der Waals surface area contributed by atoms with Crippen LogP contribution >= 0.6 is 0 Å². The van der Waals surface area contributed by atoms with Crippen LogP contribution in [0.3, 0.4) is 0 Å². The summed E-state index contributed by atoms with van der Waals surface area (Å²) in [5.41, 5.74) is 0. The van der Waals surface area contributed by atoms with Crippen LogP contribution in [-0.4, -0.2) is 136 Å². The van der Waals surface area contributed by atoms with E-state index in [4.69, 9.17) is 0 Å². The van der Waals surface area contributed by atoms with Crippen LogP contribution in [-0.2, 0) is 74.8 Å². The molecule has 0 aliphatic carbocycles. The van der Waals surface area contributed by atoms with E-state index < -0.39 is 208 Å². The number of alkyl halides is 28. The maximum Gasteiger partial charge on any atom is 0.368 e. The minimum absolute atomic E-state index is 0.0906. The summed E-state index contributed by atoms with van der Waals surface area (Å²) < 4.78 is 368. The van der Waals surface area contributed by atoms with Crippen LogP contribution in [0.5, 0.6) is 0 Å². The van der Waals surface area contributed by atoms with Crippen LogP contribution in [0.15, 0.2) is 38.0 Å². The topological polar surface area (TPSA) is 184 Å². The van der Waals surface area contributed by atoms with Gasteiger partial charge in [0.05, 0.1) is 32.1 Å². The summed E-state index contributed by atoms with van der Waals surface area (Å²) in [6, 6.07) is -7.24. The largest absolute Gasteiger partial charge is 0.368 e. The number of nitrogens with zero attached hydrogens (tertiary/aromatic N) is 18. The van der Waals surface area contributed by atoms with Gasteiger partial charge >= 0.3 is 47.6 Å². The van der Waals surface area contributed by atoms with E-state index in [2.05, 4.69) is 60.5 Å². The standard InChI is InChI=1S/2C7H5F6N3.4C7H7F4N3/c8-5(9)1-6(10,11)7(12,13)4-14-3-15-16(4)2-5;8-5(9)1-2-6(10,11)16-4(7(5,12)13)14-3-15-16;8-6(9)1-5-12-4-13-14(5)3-7(10,11)2-6;8-6(9)1-2-14-5(12-4-13-14)7(10,11)3-6;8-6(9)1-2-7(10,11)5-12-4-13-14(5)3-6;8-6(9)1-2-7(10,11)14-5(3-6)12-4-13-14/h2*3H,1-2H2;4*4H,1-3H2. The second kappa shape index (κ2) is 23.0. The number of hydrogen-bond donors (Lipinski definition) is 0. The molecule has 12 rings (SSSR count). The molecule has 0 spiro atoms. The van der Waals surface area contributed by atoms with Gasteiger partial charge in [0.25, 0.3) is 35.5 Å². The fraction of sp³-hybridized carbons (Fsp3) is 0.714. The van der Waals surface area contributed by atoms with E-state index >= 15 is 0 Å². The quantitative estimate of drug-likeness (QED) is 0.131. The predicted octanol–water partition coefficient (Wildman–Crippen LogP) is 11.3. The molecule has 46 heteroatoms. The van der Waals surface area contributed by atoms with Crippen LogP contribution < -0.4 is 0 Å². The summed E-state index contributed by atoms with van der Waals surface area (Å²) in [5.74, 6) is -51.2. The molecule has 6 aromatic rings. The summed E-state index contributed by atoms with van der Waals surface area (Å²) in [6.07, 6.45) is -9.21. The van der Waals surface area contributed by atoms with Crippen LogP contribution in [0.2, 0.25) is 0 Å². The zero-order valence-corrected chi connectivity index (χ0v) is 43.4. The Bertz CT molecular complexity index is 3220. The molecular weight excluding hydrogens is 1290 g/mol. The molecular formula is C42H38F28N18. The average Bonchev–Trinajstić information content (AvgIpc) is 1.78. The van der Waals surface area contributed by atoms with Crippen molar-refractivity contribution in [2.75, 3.05) is 0 Å². The Morgan fingerprint density at radius 1 is 0.284 bits per heavy atom. The molecule has 0 N–H and O–H groups in total. The lowest BCUT2D eigenvalue weighted by atomic mass is 10.1. The molecule has 0 atom stereocenters. The highest BCUT2D eigenvalue weighted by molar-refractivity contribution is 5.09. The lowest BCUT2D eigenvalue weighted by molar-refractivity contribution is -0.241. The summed E-state index contributed by atoms with van der Waals surface area (Å²) in [6.45, 7) is -3.19. The van der Waals surface area contributed by atoms with Crippen molar-refractivity contribution in [3.63, 3.8) is 0 Å². The van der Waals surface area contributed by atoms with Crippen molar-refractivity contribution in [1.82, 2.24) is 88.6 Å². The average molecular weight is 1330 g/mol. The fourth-order valence-corrected chi connectivity index (χ4v) is 8.73. The molecule has 0 saturated heterocycles. The fourth-order valence-electron chi connectivity index (χ4n) is 8.73. The van der Waals surface area contributed by atoms with E-state index in [0.29, 0.717) is 17.3 Å². The van der Waals surface area contributed by atoms with Crippen molar-refractivity contribution in [3.8, 4) is 0 Å². The first-order chi connectivity index (χ1) is 39.9. The summed E-state index contributed by atoms with van der Waals surface area (Å²) in [5, 5.41) is 19.5. The van der Waals surface area contributed by atoms with Gasteiger partial charge < -0.3 is 0 Å². The lowest BCUT2D eigenvalue weighted by Crippen LogP contribution is -2.41. The van der Waals surface area contributed by atoms with Gasteiger partial charge in [0.15, 0.2) is 11.6 Å². The second-order valence-electron chi connectivity index (χ2n) is 20.3. The van der Waals surface area contributed by atoms with Crippen molar-refractivity contribution >= 4 is 0 Å². The Balaban J connectivity index is 0.000000151. The van der Waals surface area contributed by atoms with Crippen molar-refractivity contribution < 1.29 is 123 Å². The van der Waals surface area contributed by atoms with Crippen molar-refractivity contribution in [2.24, 2.45) is 0 Å². The van der Waals surface area contributed by atoms with Crippen molar-refractivity contribution in [1.29, 1.82) is 0 Å². The molecule has 18 nitrogen and oxygen atoms in total. The smallest absolute Gasteiger partial charge is 0.245 e. The summed E-state index contributed by atoms with van der Waals surface area (Å²) in [7, 11) is 0. The van der Waals surface area contributed by atoms with Crippen molar-refractivity contribution in [3.05, 3.63) is 72.9 Å². The molecule has 88 heavy (non-hydrogen) atoms. The predicted molar refractivity (Wildman–Crippen MR) is 229 cm³/mol. The Morgan fingerprint density at radius 2 is 0.705 bits per heavy atom. The van der Waals surface area contributed by atoms with E-state index in [0.717, 1.165) is 34.7 Å². The maximum atomic E-state index is 13.2. The van der Waals surface area contributed by atoms with Gasteiger partial charge in [0.1, 0.15) is 69.2 Å². The Labute approximate surface area is 470 Å². The summed E-state index contributed by atoms with van der Waals surface area (Å²) >= 11 is 0. The second-order valence-corrected chi connectivity index (χ2v) is 20.3. The van der Waals surface area contributed by atoms with Crippen LogP contribution in [0.1, 0.15) is 99.2 Å². The first-order valence-corrected chi connectivity index (χ1v) is 24.6. The van der Waals surface area contributed by atoms with Crippen LogP contribution in [0, 0.1) is 0 Å². The first kappa shape index (κ1) is 68.4. The molecule has 12 heterocycles. The molecule has 6 aliphatic rings. The third kappa shape index (κ3) is 15.3. The third-order valence-corrected chi connectivity index (χ3v) is 12.9. The van der Waals surface area contributed by atoms with Gasteiger partial charge in [-0.1, -0.05) is 0 Å². The number of aryl methyl sites for hydroxylation is 1. The highest BCUT2D eigenvalue weighted by atomic mass is 19.3. The number of fused-ring (bicyclic) bond motifs is 6. The lowest BCUT2D eigenvalue weighted by Gasteiger charge is -2.24. The molecule has 0 amide bonds. The van der Waals surface area contributed by atoms with Gasteiger partial charge in [-0.3, -0.25) is 0 Å². The Hall–Kier alpha value is -7.12. The van der Waals surface area contributed by atoms with Gasteiger partial charge in [0.2, 0.25) is 11.6 Å². The van der Waals surface area contributed by atoms with Gasteiger partial charge in [-0.05, 0) is 0 Å².